The second-order valence-corrected chi connectivity index (χ2v) is 4.99. The summed E-state index contributed by atoms with van der Waals surface area (Å²) < 4.78 is 0. The van der Waals surface area contributed by atoms with Gasteiger partial charge >= 0.3 is 0 Å². The molecule has 2 N–H and O–H groups in total. The summed E-state index contributed by atoms with van der Waals surface area (Å²) in [5.41, 5.74) is 0.343. The molecule has 1 aromatic rings. The molecule has 0 spiro atoms. The fraction of sp³-hybridized carbons (Fsp3) is 0.538. The fourth-order valence-electron chi connectivity index (χ4n) is 3.36. The Morgan fingerprint density at radius 2 is 1.87 bits per heavy atom. The zero-order valence-corrected chi connectivity index (χ0v) is 8.63. The van der Waals surface area contributed by atoms with Crippen LogP contribution in [-0.2, 0) is 5.60 Å². The van der Waals surface area contributed by atoms with Crippen molar-refractivity contribution in [3.05, 3.63) is 35.9 Å². The fourth-order valence-corrected chi connectivity index (χ4v) is 3.36. The van der Waals surface area contributed by atoms with Crippen LogP contribution in [0.1, 0.15) is 24.8 Å². The van der Waals surface area contributed by atoms with Crippen LogP contribution in [0.2, 0.25) is 0 Å². The number of fused-ring (bicyclic) bond motifs is 2. The molecule has 0 amide bonds. The van der Waals surface area contributed by atoms with E-state index in [1.54, 1.807) is 0 Å². The van der Waals surface area contributed by atoms with Gasteiger partial charge in [-0.15, -0.1) is 0 Å². The molecule has 0 aromatic heterocycles. The molecule has 3 rings (SSSR count). The van der Waals surface area contributed by atoms with Crippen molar-refractivity contribution < 1.29 is 10.2 Å². The van der Waals surface area contributed by atoms with Crippen LogP contribution in [-0.4, -0.2) is 16.3 Å². The predicted molar refractivity (Wildman–Crippen MR) is 57.2 cm³/mol. The first-order valence-corrected chi connectivity index (χ1v) is 5.66. The van der Waals surface area contributed by atoms with Crippen LogP contribution in [0, 0.1) is 11.8 Å². The van der Waals surface area contributed by atoms with E-state index in [1.807, 2.05) is 30.3 Å². The van der Waals surface area contributed by atoms with Crippen molar-refractivity contribution in [2.45, 2.75) is 31.0 Å². The van der Waals surface area contributed by atoms with Crippen molar-refractivity contribution >= 4 is 0 Å². The Morgan fingerprint density at radius 1 is 1.13 bits per heavy atom. The first-order chi connectivity index (χ1) is 7.20. The maximum Gasteiger partial charge on any atom is 0.0929 e. The van der Waals surface area contributed by atoms with Gasteiger partial charge in [0.25, 0.3) is 0 Å². The molecule has 0 saturated heterocycles. The third-order valence-corrected chi connectivity index (χ3v) is 4.18. The zero-order valence-electron chi connectivity index (χ0n) is 8.63. The van der Waals surface area contributed by atoms with Gasteiger partial charge in [-0.1, -0.05) is 30.3 Å². The summed E-state index contributed by atoms with van der Waals surface area (Å²) in [7, 11) is 0. The first kappa shape index (κ1) is 9.37. The summed E-state index contributed by atoms with van der Waals surface area (Å²) in [6.45, 7) is 0. The summed E-state index contributed by atoms with van der Waals surface area (Å²) in [5, 5.41) is 20.3. The van der Waals surface area contributed by atoms with E-state index in [9.17, 15) is 10.2 Å². The minimum atomic E-state index is -0.675. The maximum atomic E-state index is 10.7. The minimum Gasteiger partial charge on any atom is -0.393 e. The molecule has 4 atom stereocenters. The Hall–Kier alpha value is -0.860. The van der Waals surface area contributed by atoms with Gasteiger partial charge in [0.1, 0.15) is 0 Å². The van der Waals surface area contributed by atoms with E-state index >= 15 is 0 Å². The molecule has 0 aliphatic heterocycles. The van der Waals surface area contributed by atoms with Crippen LogP contribution in [0.4, 0.5) is 0 Å². The second kappa shape index (κ2) is 3.06. The van der Waals surface area contributed by atoms with Gasteiger partial charge in [-0.2, -0.15) is 0 Å². The second-order valence-electron chi connectivity index (χ2n) is 4.99. The van der Waals surface area contributed by atoms with Gasteiger partial charge in [0, 0.05) is 0 Å². The quantitative estimate of drug-likeness (QED) is 0.730. The summed E-state index contributed by atoms with van der Waals surface area (Å²) in [4.78, 5) is 0. The zero-order chi connectivity index (χ0) is 10.5. The Bertz CT molecular complexity index is 360. The normalized spacial score (nSPS) is 43.5. The Labute approximate surface area is 89.6 Å². The van der Waals surface area contributed by atoms with Crippen molar-refractivity contribution in [3.63, 3.8) is 0 Å². The van der Waals surface area contributed by atoms with Crippen LogP contribution in [0.3, 0.4) is 0 Å². The van der Waals surface area contributed by atoms with E-state index in [-0.39, 0.29) is 12.0 Å². The van der Waals surface area contributed by atoms with Gasteiger partial charge < -0.3 is 10.2 Å². The monoisotopic (exact) mass is 204 g/mol. The Morgan fingerprint density at radius 3 is 2.40 bits per heavy atom. The lowest BCUT2D eigenvalue weighted by molar-refractivity contribution is -0.0477. The highest BCUT2D eigenvalue weighted by atomic mass is 16.3. The average Bonchev–Trinajstić information content (AvgIpc) is 2.76. The molecule has 2 bridgehead atoms. The molecule has 2 fully saturated rings. The Balaban J connectivity index is 1.95. The highest BCUT2D eigenvalue weighted by Crippen LogP contribution is 2.55. The highest BCUT2D eigenvalue weighted by Gasteiger charge is 2.54. The number of hydrogen-bond donors (Lipinski definition) is 2. The third kappa shape index (κ3) is 1.25. The number of aliphatic hydroxyl groups is 2. The molecule has 1 aromatic carbocycles. The smallest absolute Gasteiger partial charge is 0.0929 e. The summed E-state index contributed by atoms with van der Waals surface area (Å²) >= 11 is 0. The molecule has 2 aliphatic carbocycles. The average molecular weight is 204 g/mol. The molecule has 0 radical (unpaired) electrons. The van der Waals surface area contributed by atoms with Crippen molar-refractivity contribution in [2.24, 2.45) is 11.8 Å². The lowest BCUT2D eigenvalue weighted by Gasteiger charge is -2.34. The number of rotatable bonds is 1. The molecule has 15 heavy (non-hydrogen) atoms. The molecule has 0 heterocycles. The van der Waals surface area contributed by atoms with Gasteiger partial charge in [-0.25, -0.2) is 0 Å². The lowest BCUT2D eigenvalue weighted by atomic mass is 9.78. The van der Waals surface area contributed by atoms with Gasteiger partial charge in [0.05, 0.1) is 11.7 Å². The minimum absolute atomic E-state index is 0.181. The molecule has 2 nitrogen and oxygen atoms in total. The Kier molecular flexibility index (Phi) is 1.91. The molecule has 2 heteroatoms. The van der Waals surface area contributed by atoms with Crippen LogP contribution in [0.15, 0.2) is 30.3 Å². The molecular weight excluding hydrogens is 188 g/mol. The topological polar surface area (TPSA) is 40.5 Å². The van der Waals surface area contributed by atoms with E-state index in [1.165, 1.54) is 0 Å². The molecule has 80 valence electrons. The standard InChI is InChI=1S/C13H16O2/c14-12-7-11-6-9(12)8-13(11,15)10-4-2-1-3-5-10/h1-5,9,11-12,14-15H,6-8H2. The van der Waals surface area contributed by atoms with Crippen LogP contribution in [0.25, 0.3) is 0 Å². The molecule has 2 saturated carbocycles. The highest BCUT2D eigenvalue weighted by molar-refractivity contribution is 5.26. The van der Waals surface area contributed by atoms with Gasteiger partial charge in [-0.3, -0.25) is 0 Å². The van der Waals surface area contributed by atoms with Gasteiger partial charge in [0.15, 0.2) is 0 Å². The van der Waals surface area contributed by atoms with Gasteiger partial charge in [-0.05, 0) is 36.7 Å². The van der Waals surface area contributed by atoms with Crippen LogP contribution in [0.5, 0.6) is 0 Å². The summed E-state index contributed by atoms with van der Waals surface area (Å²) in [5.74, 6) is 0.556. The van der Waals surface area contributed by atoms with E-state index in [4.69, 9.17) is 0 Å². The predicted octanol–water partition coefficient (Wildman–Crippen LogP) is 1.66. The molecule has 2 aliphatic rings. The van der Waals surface area contributed by atoms with Gasteiger partial charge in [0.2, 0.25) is 0 Å². The molecular formula is C13H16O2. The number of benzene rings is 1. The molecule has 4 unspecified atom stereocenters. The van der Waals surface area contributed by atoms with Crippen LogP contribution < -0.4 is 0 Å². The van der Waals surface area contributed by atoms with E-state index in [0.29, 0.717) is 5.92 Å². The van der Waals surface area contributed by atoms with E-state index in [2.05, 4.69) is 0 Å². The van der Waals surface area contributed by atoms with Crippen molar-refractivity contribution in [1.82, 2.24) is 0 Å². The largest absolute Gasteiger partial charge is 0.393 e. The van der Waals surface area contributed by atoms with Crippen molar-refractivity contribution in [3.8, 4) is 0 Å². The number of hydrogen-bond acceptors (Lipinski definition) is 2. The van der Waals surface area contributed by atoms with E-state index in [0.717, 1.165) is 24.8 Å². The maximum absolute atomic E-state index is 10.7. The SMILES string of the molecule is OC1CC2CC1CC2(O)c1ccccc1. The van der Waals surface area contributed by atoms with Crippen LogP contribution >= 0.6 is 0 Å². The number of aliphatic hydroxyl groups excluding tert-OH is 1. The first-order valence-electron chi connectivity index (χ1n) is 5.66. The lowest BCUT2D eigenvalue weighted by Crippen LogP contribution is -2.36. The summed E-state index contributed by atoms with van der Waals surface area (Å²) in [6.07, 6.45) is 2.28. The third-order valence-electron chi connectivity index (χ3n) is 4.18. The van der Waals surface area contributed by atoms with Crippen molar-refractivity contribution in [2.75, 3.05) is 0 Å². The summed E-state index contributed by atoms with van der Waals surface area (Å²) in [6, 6.07) is 9.89. The van der Waals surface area contributed by atoms with Crippen molar-refractivity contribution in [1.29, 1.82) is 0 Å². The van der Waals surface area contributed by atoms with E-state index < -0.39 is 5.60 Å².